The first-order chi connectivity index (χ1) is 10.3. The lowest BCUT2D eigenvalue weighted by molar-refractivity contribution is -0.385. The highest BCUT2D eigenvalue weighted by Gasteiger charge is 2.31. The Hall–Kier alpha value is -3.15. The van der Waals surface area contributed by atoms with Crippen molar-refractivity contribution in [3.63, 3.8) is 0 Å². The monoisotopic (exact) mass is 309 g/mol. The zero-order chi connectivity index (χ0) is 16.3. The highest BCUT2D eigenvalue weighted by Crippen LogP contribution is 2.30. The molecular weight excluding hydrogens is 303 g/mol. The van der Waals surface area contributed by atoms with Crippen LogP contribution in [-0.4, -0.2) is 16.3 Å². The van der Waals surface area contributed by atoms with Gasteiger partial charge in [0.1, 0.15) is 11.8 Å². The summed E-state index contributed by atoms with van der Waals surface area (Å²) in [5, 5.41) is 19.6. The van der Waals surface area contributed by atoms with E-state index in [1.165, 1.54) is 12.1 Å². The fraction of sp³-hybridized carbons (Fsp3) is 0.0769. The van der Waals surface area contributed by atoms with Crippen LogP contribution in [0.5, 0.6) is 5.75 Å². The van der Waals surface area contributed by atoms with Crippen LogP contribution in [0.1, 0.15) is 5.69 Å². The van der Waals surface area contributed by atoms with Crippen molar-refractivity contribution in [2.75, 3.05) is 0 Å². The summed E-state index contributed by atoms with van der Waals surface area (Å²) in [4.78, 5) is 13.7. The Labute approximate surface area is 121 Å². The summed E-state index contributed by atoms with van der Waals surface area (Å²) >= 11 is 0. The number of halogens is 3. The van der Waals surface area contributed by atoms with E-state index in [0.717, 1.165) is 24.4 Å². The van der Waals surface area contributed by atoms with Gasteiger partial charge in [-0.25, -0.2) is 4.98 Å². The number of ether oxygens (including phenoxy) is 1. The first-order valence-corrected chi connectivity index (χ1v) is 5.71. The molecule has 0 saturated heterocycles. The smallest absolute Gasteiger partial charge is 0.406 e. The molecule has 1 aromatic heterocycles. The molecule has 2 rings (SSSR count). The van der Waals surface area contributed by atoms with Crippen molar-refractivity contribution >= 4 is 5.69 Å². The van der Waals surface area contributed by atoms with E-state index in [1.807, 2.05) is 0 Å². The Balaban J connectivity index is 2.45. The summed E-state index contributed by atoms with van der Waals surface area (Å²) in [6.45, 7) is 0. The number of nitriles is 1. The molecule has 9 heteroatoms. The molecule has 0 aliphatic heterocycles. The molecule has 0 N–H and O–H groups in total. The molecule has 1 heterocycles. The average molecular weight is 309 g/mol. The number of hydrogen-bond acceptors (Lipinski definition) is 5. The van der Waals surface area contributed by atoms with Gasteiger partial charge in [0.25, 0.3) is 0 Å². The molecule has 2 aromatic rings. The average Bonchev–Trinajstić information content (AvgIpc) is 2.45. The molecule has 0 saturated carbocycles. The van der Waals surface area contributed by atoms with E-state index in [9.17, 15) is 23.3 Å². The normalized spacial score (nSPS) is 10.8. The zero-order valence-corrected chi connectivity index (χ0v) is 10.7. The lowest BCUT2D eigenvalue weighted by atomic mass is 10.1. The maximum atomic E-state index is 12.2. The van der Waals surface area contributed by atoms with Crippen molar-refractivity contribution in [3.8, 4) is 22.9 Å². The Morgan fingerprint density at radius 2 is 2.00 bits per heavy atom. The van der Waals surface area contributed by atoms with Gasteiger partial charge in [-0.1, -0.05) is 12.1 Å². The van der Waals surface area contributed by atoms with Crippen LogP contribution < -0.4 is 4.74 Å². The van der Waals surface area contributed by atoms with Crippen molar-refractivity contribution in [3.05, 3.63) is 52.3 Å². The third-order valence-corrected chi connectivity index (χ3v) is 2.57. The molecule has 1 aromatic carbocycles. The molecule has 0 aliphatic rings. The maximum absolute atomic E-state index is 12.2. The Kier molecular flexibility index (Phi) is 3.94. The predicted octanol–water partition coefficient (Wildman–Crippen LogP) is 3.43. The summed E-state index contributed by atoms with van der Waals surface area (Å²) in [7, 11) is 0. The van der Waals surface area contributed by atoms with Crippen LogP contribution in [-0.2, 0) is 0 Å². The van der Waals surface area contributed by atoms with Crippen molar-refractivity contribution in [2.45, 2.75) is 6.36 Å². The number of hydrogen-bond donors (Lipinski definition) is 0. The van der Waals surface area contributed by atoms with Gasteiger partial charge >= 0.3 is 12.0 Å². The van der Waals surface area contributed by atoms with Gasteiger partial charge in [0, 0.05) is 17.8 Å². The summed E-state index contributed by atoms with van der Waals surface area (Å²) in [6.07, 6.45) is -3.67. The first kappa shape index (κ1) is 15.2. The van der Waals surface area contributed by atoms with Gasteiger partial charge in [-0.3, -0.25) is 10.1 Å². The van der Waals surface area contributed by atoms with E-state index < -0.39 is 22.7 Å². The second-order valence-corrected chi connectivity index (χ2v) is 4.04. The molecule has 6 nitrogen and oxygen atoms in total. The largest absolute Gasteiger partial charge is 0.573 e. The molecule has 0 spiro atoms. The minimum atomic E-state index is -4.84. The van der Waals surface area contributed by atoms with Gasteiger partial charge in [-0.2, -0.15) is 5.26 Å². The molecule has 0 atom stereocenters. The van der Waals surface area contributed by atoms with Crippen molar-refractivity contribution in [1.29, 1.82) is 5.26 Å². The van der Waals surface area contributed by atoms with E-state index in [0.29, 0.717) is 0 Å². The molecule has 0 bridgehead atoms. The van der Waals surface area contributed by atoms with Crippen LogP contribution in [0.2, 0.25) is 0 Å². The third-order valence-electron chi connectivity index (χ3n) is 2.57. The van der Waals surface area contributed by atoms with Gasteiger partial charge in [0.05, 0.1) is 4.92 Å². The van der Waals surface area contributed by atoms with Gasteiger partial charge in [0.15, 0.2) is 0 Å². The van der Waals surface area contributed by atoms with Crippen LogP contribution in [0.15, 0.2) is 36.5 Å². The second kappa shape index (κ2) is 5.69. The molecule has 0 aliphatic carbocycles. The topological polar surface area (TPSA) is 89.0 Å². The molecule has 22 heavy (non-hydrogen) atoms. The van der Waals surface area contributed by atoms with Crippen molar-refractivity contribution in [2.24, 2.45) is 0 Å². The fourth-order valence-corrected chi connectivity index (χ4v) is 1.71. The highest BCUT2D eigenvalue weighted by atomic mass is 19.4. The number of alkyl halides is 3. The number of nitrogens with zero attached hydrogens (tertiary/aromatic N) is 3. The molecular formula is C13H6F3N3O3. The molecule has 112 valence electrons. The minimum Gasteiger partial charge on any atom is -0.406 e. The quantitative estimate of drug-likeness (QED) is 0.640. The van der Waals surface area contributed by atoms with E-state index in [4.69, 9.17) is 5.26 Å². The molecule has 0 radical (unpaired) electrons. The Morgan fingerprint density at radius 3 is 2.59 bits per heavy atom. The van der Waals surface area contributed by atoms with Crippen LogP contribution >= 0.6 is 0 Å². The van der Waals surface area contributed by atoms with Crippen molar-refractivity contribution < 1.29 is 22.8 Å². The summed E-state index contributed by atoms with van der Waals surface area (Å²) in [5.41, 5.74) is -0.473. The zero-order valence-electron chi connectivity index (χ0n) is 10.7. The Bertz CT molecular complexity index is 769. The first-order valence-electron chi connectivity index (χ1n) is 5.71. The Morgan fingerprint density at radius 1 is 1.27 bits per heavy atom. The van der Waals surface area contributed by atoms with Gasteiger partial charge in [0.2, 0.25) is 5.69 Å². The number of rotatable bonds is 3. The summed E-state index contributed by atoms with van der Waals surface area (Å²) in [6, 6.07) is 7.56. The third kappa shape index (κ3) is 3.49. The highest BCUT2D eigenvalue weighted by molar-refractivity contribution is 5.68. The lowest BCUT2D eigenvalue weighted by Crippen LogP contribution is -2.17. The van der Waals surface area contributed by atoms with E-state index in [-0.39, 0.29) is 16.8 Å². The van der Waals surface area contributed by atoms with E-state index >= 15 is 0 Å². The lowest BCUT2D eigenvalue weighted by Gasteiger charge is -2.10. The number of nitro groups is 1. The van der Waals surface area contributed by atoms with Gasteiger partial charge in [-0.15, -0.1) is 13.2 Å². The number of pyridine rings is 1. The fourth-order valence-electron chi connectivity index (χ4n) is 1.71. The molecule has 0 unspecified atom stereocenters. The summed E-state index contributed by atoms with van der Waals surface area (Å²) < 4.78 is 40.3. The SMILES string of the molecule is N#Cc1ncc(-c2cccc(OC(F)(F)F)c2)cc1[N+](=O)[O-]. The minimum absolute atomic E-state index is 0.193. The second-order valence-electron chi connectivity index (χ2n) is 4.04. The number of benzene rings is 1. The van der Waals surface area contributed by atoms with Crippen molar-refractivity contribution in [1.82, 2.24) is 4.98 Å². The summed E-state index contributed by atoms with van der Waals surface area (Å²) in [5.74, 6) is -0.461. The van der Waals surface area contributed by atoms with Crippen LogP contribution in [0.3, 0.4) is 0 Å². The number of aromatic nitrogens is 1. The predicted molar refractivity (Wildman–Crippen MR) is 67.7 cm³/mol. The van der Waals surface area contributed by atoms with Gasteiger partial charge in [-0.05, 0) is 17.7 Å². The standard InChI is InChI=1S/C13H6F3N3O3/c14-13(15,16)22-10-3-1-2-8(4-10)9-5-12(19(20)21)11(6-17)18-7-9/h1-5,7H. The van der Waals surface area contributed by atoms with E-state index in [1.54, 1.807) is 6.07 Å². The molecule has 0 amide bonds. The van der Waals surface area contributed by atoms with Gasteiger partial charge < -0.3 is 4.74 Å². The van der Waals surface area contributed by atoms with Crippen LogP contribution in [0, 0.1) is 21.4 Å². The van der Waals surface area contributed by atoms with Crippen LogP contribution in [0.4, 0.5) is 18.9 Å². The van der Waals surface area contributed by atoms with Crippen LogP contribution in [0.25, 0.3) is 11.1 Å². The molecule has 0 fully saturated rings. The van der Waals surface area contributed by atoms with E-state index in [2.05, 4.69) is 9.72 Å². The maximum Gasteiger partial charge on any atom is 0.573 e.